The van der Waals surface area contributed by atoms with E-state index in [0.717, 1.165) is 67.7 Å². The molecule has 1 N–H and O–H groups in total. The van der Waals surface area contributed by atoms with Crippen molar-refractivity contribution < 1.29 is 9.47 Å². The second-order valence-corrected chi connectivity index (χ2v) is 11.1. The number of aromatic nitrogens is 2. The maximum Gasteiger partial charge on any atom is 0.132 e. The van der Waals surface area contributed by atoms with Crippen molar-refractivity contribution in [3.05, 3.63) is 41.3 Å². The van der Waals surface area contributed by atoms with Crippen LogP contribution < -0.4 is 14.8 Å². The molecule has 176 valence electrons. The summed E-state index contributed by atoms with van der Waals surface area (Å²) in [4.78, 5) is 11.8. The van der Waals surface area contributed by atoms with E-state index in [-0.39, 0.29) is 0 Å². The monoisotopic (exact) mass is 448 g/mol. The van der Waals surface area contributed by atoms with Crippen LogP contribution in [-0.2, 0) is 19.5 Å². The zero-order valence-corrected chi connectivity index (χ0v) is 20.0. The zero-order chi connectivity index (χ0) is 22.4. The van der Waals surface area contributed by atoms with Crippen molar-refractivity contribution in [1.82, 2.24) is 14.9 Å². The third-order valence-electron chi connectivity index (χ3n) is 8.70. The Morgan fingerprint density at radius 3 is 2.27 bits per heavy atom. The van der Waals surface area contributed by atoms with Crippen LogP contribution in [0.5, 0.6) is 11.5 Å². The van der Waals surface area contributed by atoms with E-state index in [4.69, 9.17) is 9.47 Å². The highest BCUT2D eigenvalue weighted by Gasteiger charge is 2.50. The Morgan fingerprint density at radius 1 is 0.970 bits per heavy atom. The maximum absolute atomic E-state index is 5.45. The molecule has 4 saturated carbocycles. The van der Waals surface area contributed by atoms with Crippen LogP contribution >= 0.6 is 0 Å². The fourth-order valence-electron chi connectivity index (χ4n) is 7.69. The van der Waals surface area contributed by atoms with Gasteiger partial charge in [-0.3, -0.25) is 4.90 Å². The van der Waals surface area contributed by atoms with E-state index in [9.17, 15) is 0 Å². The topological polar surface area (TPSA) is 59.5 Å². The Labute approximate surface area is 197 Å². The lowest BCUT2D eigenvalue weighted by molar-refractivity contribution is -0.0444. The lowest BCUT2D eigenvalue weighted by atomic mass is 9.49. The van der Waals surface area contributed by atoms with Crippen molar-refractivity contribution in [3.63, 3.8) is 0 Å². The summed E-state index contributed by atoms with van der Waals surface area (Å²) in [5.41, 5.74) is 4.20. The summed E-state index contributed by atoms with van der Waals surface area (Å²) in [6, 6.07) is 6.11. The van der Waals surface area contributed by atoms with Gasteiger partial charge in [0.2, 0.25) is 0 Å². The predicted molar refractivity (Wildman–Crippen MR) is 128 cm³/mol. The van der Waals surface area contributed by atoms with E-state index < -0.39 is 0 Å². The van der Waals surface area contributed by atoms with E-state index in [0.29, 0.717) is 5.41 Å². The van der Waals surface area contributed by atoms with Gasteiger partial charge in [-0.2, -0.15) is 0 Å². The summed E-state index contributed by atoms with van der Waals surface area (Å²) >= 11 is 0. The molecule has 0 atom stereocenters. The first-order chi connectivity index (χ1) is 16.1. The van der Waals surface area contributed by atoms with E-state index in [2.05, 4.69) is 32.3 Å². The molecule has 0 radical (unpaired) electrons. The van der Waals surface area contributed by atoms with E-state index in [1.165, 1.54) is 55.3 Å². The van der Waals surface area contributed by atoms with Gasteiger partial charge in [-0.25, -0.2) is 9.97 Å². The molecule has 2 aromatic rings. The Kier molecular flexibility index (Phi) is 5.44. The number of nitrogens with zero attached hydrogens (tertiary/aromatic N) is 3. The van der Waals surface area contributed by atoms with Gasteiger partial charge in [0.1, 0.15) is 23.6 Å². The van der Waals surface area contributed by atoms with Crippen LogP contribution in [0, 0.1) is 23.2 Å². The molecule has 7 rings (SSSR count). The first-order valence-corrected chi connectivity index (χ1v) is 12.6. The van der Waals surface area contributed by atoms with Crippen molar-refractivity contribution in [2.24, 2.45) is 23.2 Å². The summed E-state index contributed by atoms with van der Waals surface area (Å²) in [5.74, 6) is 5.71. The zero-order valence-electron chi connectivity index (χ0n) is 20.0. The van der Waals surface area contributed by atoms with Crippen LogP contribution in [0.2, 0.25) is 0 Å². The van der Waals surface area contributed by atoms with Gasteiger partial charge in [0.15, 0.2) is 0 Å². The number of rotatable bonds is 7. The van der Waals surface area contributed by atoms with Crippen molar-refractivity contribution in [2.75, 3.05) is 32.6 Å². The molecule has 33 heavy (non-hydrogen) atoms. The highest BCUT2D eigenvalue weighted by molar-refractivity contribution is 5.47. The number of methoxy groups -OCH3 is 2. The normalized spacial score (nSPS) is 30.2. The number of benzene rings is 1. The molecule has 4 aliphatic carbocycles. The molecule has 1 aromatic heterocycles. The molecule has 1 aliphatic heterocycles. The average molecular weight is 449 g/mol. The van der Waals surface area contributed by atoms with E-state index >= 15 is 0 Å². The van der Waals surface area contributed by atoms with Gasteiger partial charge >= 0.3 is 0 Å². The molecule has 4 bridgehead atoms. The average Bonchev–Trinajstić information content (AvgIpc) is 2.81. The summed E-state index contributed by atoms with van der Waals surface area (Å²) in [5, 5.41) is 3.82. The molecule has 4 fully saturated rings. The fourth-order valence-corrected chi connectivity index (χ4v) is 7.69. The molecule has 0 saturated heterocycles. The van der Waals surface area contributed by atoms with Gasteiger partial charge in [0.25, 0.3) is 0 Å². The number of anilines is 1. The van der Waals surface area contributed by atoms with Crippen molar-refractivity contribution in [3.8, 4) is 11.5 Å². The van der Waals surface area contributed by atoms with Crippen LogP contribution in [0.3, 0.4) is 0 Å². The lowest BCUT2D eigenvalue weighted by Gasteiger charge is -2.57. The van der Waals surface area contributed by atoms with Gasteiger partial charge in [0.05, 0.1) is 19.9 Å². The molecule has 1 aromatic carbocycles. The van der Waals surface area contributed by atoms with Gasteiger partial charge < -0.3 is 14.8 Å². The smallest absolute Gasteiger partial charge is 0.132 e. The Morgan fingerprint density at radius 2 is 1.64 bits per heavy atom. The largest absolute Gasteiger partial charge is 0.497 e. The van der Waals surface area contributed by atoms with Crippen LogP contribution in [-0.4, -0.2) is 42.2 Å². The second-order valence-electron chi connectivity index (χ2n) is 11.1. The number of nitrogens with one attached hydrogen (secondary N) is 1. The minimum absolute atomic E-state index is 0.513. The molecule has 5 aliphatic rings. The molecular weight excluding hydrogens is 412 g/mol. The van der Waals surface area contributed by atoms with Crippen LogP contribution in [0.1, 0.15) is 55.3 Å². The highest BCUT2D eigenvalue weighted by Crippen LogP contribution is 2.59. The molecule has 6 heteroatoms. The summed E-state index contributed by atoms with van der Waals surface area (Å²) in [6.07, 6.45) is 11.5. The van der Waals surface area contributed by atoms with Crippen molar-refractivity contribution in [2.45, 2.75) is 58.0 Å². The minimum atomic E-state index is 0.513. The first kappa shape index (κ1) is 21.2. The Balaban J connectivity index is 1.14. The summed E-state index contributed by atoms with van der Waals surface area (Å²) in [7, 11) is 3.40. The number of ether oxygens (including phenoxy) is 2. The standard InChI is InChI=1S/C27H36N4O2/c1-32-22-8-21(9-23(10-22)33-2)14-31-4-3-24-25(15-31)29-17-30-26(24)28-16-27-11-18-5-19(12-27)7-20(6-18)13-27/h8-10,17-20H,3-7,11-16H2,1-2H3,(H,28,29,30). The first-order valence-electron chi connectivity index (χ1n) is 12.6. The van der Waals surface area contributed by atoms with Crippen LogP contribution in [0.25, 0.3) is 0 Å². The van der Waals surface area contributed by atoms with E-state index in [1.807, 2.05) is 6.07 Å². The molecule has 2 heterocycles. The Bertz CT molecular complexity index is 966. The number of fused-ring (bicyclic) bond motifs is 1. The van der Waals surface area contributed by atoms with Crippen LogP contribution in [0.4, 0.5) is 5.82 Å². The van der Waals surface area contributed by atoms with Gasteiger partial charge in [0, 0.05) is 37.8 Å². The number of hydrogen-bond acceptors (Lipinski definition) is 6. The Hall–Kier alpha value is -2.34. The van der Waals surface area contributed by atoms with Crippen LogP contribution in [0.15, 0.2) is 24.5 Å². The molecule has 0 amide bonds. The van der Waals surface area contributed by atoms with Crippen molar-refractivity contribution >= 4 is 5.82 Å². The second kappa shape index (κ2) is 8.46. The minimum Gasteiger partial charge on any atom is -0.497 e. The maximum atomic E-state index is 5.45. The van der Waals surface area contributed by atoms with Gasteiger partial charge in [-0.1, -0.05) is 0 Å². The molecule has 0 spiro atoms. The van der Waals surface area contributed by atoms with Crippen molar-refractivity contribution in [1.29, 1.82) is 0 Å². The predicted octanol–water partition coefficient (Wildman–Crippen LogP) is 4.68. The van der Waals surface area contributed by atoms with Gasteiger partial charge in [-0.15, -0.1) is 0 Å². The quantitative estimate of drug-likeness (QED) is 0.664. The third-order valence-corrected chi connectivity index (χ3v) is 8.70. The summed E-state index contributed by atoms with van der Waals surface area (Å²) < 4.78 is 10.9. The molecular formula is C27H36N4O2. The SMILES string of the molecule is COc1cc(CN2CCc3c(ncnc3NCC34CC5CC(CC(C5)C3)C4)C2)cc(OC)c1. The van der Waals surface area contributed by atoms with E-state index in [1.54, 1.807) is 20.5 Å². The number of hydrogen-bond donors (Lipinski definition) is 1. The summed E-state index contributed by atoms with van der Waals surface area (Å²) in [6.45, 7) is 3.80. The molecule has 0 unspecified atom stereocenters. The molecule has 6 nitrogen and oxygen atoms in total. The van der Waals surface area contributed by atoms with Gasteiger partial charge in [-0.05, 0) is 85.8 Å². The lowest BCUT2D eigenvalue weighted by Crippen LogP contribution is -2.49. The third kappa shape index (κ3) is 4.18. The fraction of sp³-hybridized carbons (Fsp3) is 0.630. The highest BCUT2D eigenvalue weighted by atomic mass is 16.5.